The van der Waals surface area contributed by atoms with E-state index in [9.17, 15) is 14.4 Å². The molecule has 120 valence electrons. The first-order valence-corrected chi connectivity index (χ1v) is 7.05. The molecule has 0 N–H and O–H groups in total. The Balaban J connectivity index is 2.35. The van der Waals surface area contributed by atoms with E-state index in [1.165, 1.54) is 21.3 Å². The predicted octanol–water partition coefficient (Wildman–Crippen LogP) is 1.55. The van der Waals surface area contributed by atoms with E-state index >= 15 is 0 Å². The van der Waals surface area contributed by atoms with Crippen molar-refractivity contribution in [3.8, 4) is 0 Å². The first-order chi connectivity index (χ1) is 10.4. The van der Waals surface area contributed by atoms with Gasteiger partial charge >= 0.3 is 17.9 Å². The maximum Gasteiger partial charge on any atom is 0.334 e. The highest BCUT2D eigenvalue weighted by molar-refractivity contribution is 6.01. The smallest absolute Gasteiger partial charge is 0.334 e. The Hall–Kier alpha value is -2.11. The number of carbonyl (C=O) groups is 3. The second-order valence-electron chi connectivity index (χ2n) is 5.72. The highest BCUT2D eigenvalue weighted by atomic mass is 16.5. The van der Waals surface area contributed by atoms with E-state index in [0.29, 0.717) is 12.0 Å². The predicted molar refractivity (Wildman–Crippen MR) is 76.6 cm³/mol. The van der Waals surface area contributed by atoms with Crippen molar-refractivity contribution in [1.82, 2.24) is 0 Å². The van der Waals surface area contributed by atoms with Gasteiger partial charge in [-0.1, -0.05) is 11.6 Å². The lowest BCUT2D eigenvalue weighted by Crippen LogP contribution is -2.39. The molecule has 0 heterocycles. The normalized spacial score (nSPS) is 22.5. The van der Waals surface area contributed by atoms with Gasteiger partial charge in [0.15, 0.2) is 5.41 Å². The molecule has 2 aliphatic carbocycles. The Labute approximate surface area is 129 Å². The summed E-state index contributed by atoms with van der Waals surface area (Å²) in [6, 6.07) is 0. The minimum absolute atomic E-state index is 0.0593. The first kappa shape index (κ1) is 16.3. The molecule has 0 saturated heterocycles. The Bertz CT molecular complexity index is 567. The number of allylic oxidation sites excluding steroid dienone is 3. The average molecular weight is 308 g/mol. The molecule has 1 saturated carbocycles. The van der Waals surface area contributed by atoms with Crippen LogP contribution in [0.3, 0.4) is 0 Å². The third-order valence-electron chi connectivity index (χ3n) is 4.54. The van der Waals surface area contributed by atoms with Gasteiger partial charge in [-0.05, 0) is 37.7 Å². The van der Waals surface area contributed by atoms with Crippen LogP contribution in [0.15, 0.2) is 22.8 Å². The molecule has 0 bridgehead atoms. The largest absolute Gasteiger partial charge is 0.468 e. The molecule has 0 aromatic carbocycles. The van der Waals surface area contributed by atoms with E-state index in [4.69, 9.17) is 14.2 Å². The molecular weight excluding hydrogens is 288 g/mol. The molecule has 0 aromatic heterocycles. The number of carbonyl (C=O) groups excluding carboxylic acids is 3. The van der Waals surface area contributed by atoms with Gasteiger partial charge in [0.05, 0.1) is 21.3 Å². The molecule has 0 spiro atoms. The summed E-state index contributed by atoms with van der Waals surface area (Å²) in [5, 5.41) is 0. The Morgan fingerprint density at radius 1 is 1.09 bits per heavy atom. The van der Waals surface area contributed by atoms with Crippen LogP contribution in [-0.4, -0.2) is 39.2 Å². The standard InChI is InChI=1S/C16H20O6/c1-9-5-10-7-16(14(18)21-3,15(19)22-4)8-11(10)6-12(9)13(17)20-2/h5,11H,6-8H2,1-4H3. The van der Waals surface area contributed by atoms with Crippen molar-refractivity contribution >= 4 is 17.9 Å². The van der Waals surface area contributed by atoms with Gasteiger partial charge < -0.3 is 14.2 Å². The zero-order valence-corrected chi connectivity index (χ0v) is 13.2. The van der Waals surface area contributed by atoms with E-state index in [1.807, 2.05) is 13.0 Å². The first-order valence-electron chi connectivity index (χ1n) is 7.05. The molecule has 2 aliphatic rings. The maximum atomic E-state index is 12.2. The highest BCUT2D eigenvalue weighted by Gasteiger charge is 2.56. The Kier molecular flexibility index (Phi) is 4.39. The fourth-order valence-corrected chi connectivity index (χ4v) is 3.41. The fraction of sp³-hybridized carbons (Fsp3) is 0.562. The molecular formula is C16H20O6. The Morgan fingerprint density at radius 3 is 2.18 bits per heavy atom. The number of esters is 3. The number of methoxy groups -OCH3 is 3. The van der Waals surface area contributed by atoms with Crippen molar-refractivity contribution in [2.24, 2.45) is 11.3 Å². The molecule has 0 aliphatic heterocycles. The summed E-state index contributed by atoms with van der Waals surface area (Å²) < 4.78 is 14.4. The third-order valence-corrected chi connectivity index (χ3v) is 4.54. The number of hydrogen-bond acceptors (Lipinski definition) is 6. The Morgan fingerprint density at radius 2 is 1.68 bits per heavy atom. The second-order valence-corrected chi connectivity index (χ2v) is 5.72. The SMILES string of the molecule is COC(=O)C1=C(C)C=C2CC(C(=O)OC)(C(=O)OC)CC2C1. The average Bonchev–Trinajstić information content (AvgIpc) is 2.91. The number of fused-ring (bicyclic) bond motifs is 1. The van der Waals surface area contributed by atoms with E-state index in [2.05, 4.69) is 0 Å². The van der Waals surface area contributed by atoms with Crippen molar-refractivity contribution in [3.63, 3.8) is 0 Å². The van der Waals surface area contributed by atoms with Crippen molar-refractivity contribution < 1.29 is 28.6 Å². The molecule has 0 amide bonds. The molecule has 2 rings (SSSR count). The number of hydrogen-bond donors (Lipinski definition) is 0. The topological polar surface area (TPSA) is 78.9 Å². The number of rotatable bonds is 3. The van der Waals surface area contributed by atoms with E-state index < -0.39 is 17.4 Å². The zero-order chi connectivity index (χ0) is 16.5. The van der Waals surface area contributed by atoms with Gasteiger partial charge in [0.2, 0.25) is 0 Å². The molecule has 22 heavy (non-hydrogen) atoms. The molecule has 6 nitrogen and oxygen atoms in total. The van der Waals surface area contributed by atoms with Crippen LogP contribution in [-0.2, 0) is 28.6 Å². The van der Waals surface area contributed by atoms with Crippen molar-refractivity contribution in [2.45, 2.75) is 26.2 Å². The van der Waals surface area contributed by atoms with Gasteiger partial charge in [0.25, 0.3) is 0 Å². The van der Waals surface area contributed by atoms with E-state index in [-0.39, 0.29) is 24.7 Å². The van der Waals surface area contributed by atoms with Crippen LogP contribution in [0.25, 0.3) is 0 Å². The van der Waals surface area contributed by atoms with Crippen LogP contribution >= 0.6 is 0 Å². The monoisotopic (exact) mass is 308 g/mol. The molecule has 1 fully saturated rings. The summed E-state index contributed by atoms with van der Waals surface area (Å²) in [7, 11) is 3.85. The van der Waals surface area contributed by atoms with Crippen LogP contribution in [0.2, 0.25) is 0 Å². The van der Waals surface area contributed by atoms with Crippen molar-refractivity contribution in [3.05, 3.63) is 22.8 Å². The lowest BCUT2D eigenvalue weighted by molar-refractivity contribution is -0.168. The molecule has 6 heteroatoms. The summed E-state index contributed by atoms with van der Waals surface area (Å²) in [5.41, 5.74) is 1.05. The summed E-state index contributed by atoms with van der Waals surface area (Å²) in [4.78, 5) is 36.2. The van der Waals surface area contributed by atoms with Crippen molar-refractivity contribution in [2.75, 3.05) is 21.3 Å². The van der Waals surface area contributed by atoms with Crippen LogP contribution in [0, 0.1) is 11.3 Å². The lowest BCUT2D eigenvalue weighted by atomic mass is 9.83. The van der Waals surface area contributed by atoms with E-state index in [0.717, 1.165) is 11.1 Å². The van der Waals surface area contributed by atoms with Crippen LogP contribution in [0.5, 0.6) is 0 Å². The van der Waals surface area contributed by atoms with Gasteiger partial charge in [-0.15, -0.1) is 0 Å². The van der Waals surface area contributed by atoms with Crippen LogP contribution in [0.1, 0.15) is 26.2 Å². The van der Waals surface area contributed by atoms with Crippen LogP contribution in [0.4, 0.5) is 0 Å². The minimum Gasteiger partial charge on any atom is -0.468 e. The van der Waals surface area contributed by atoms with Crippen LogP contribution < -0.4 is 0 Å². The van der Waals surface area contributed by atoms with Gasteiger partial charge in [0.1, 0.15) is 0 Å². The quantitative estimate of drug-likeness (QED) is 0.447. The summed E-state index contributed by atoms with van der Waals surface area (Å²) in [6.07, 6.45) is 2.88. The minimum atomic E-state index is -1.31. The highest BCUT2D eigenvalue weighted by Crippen LogP contribution is 2.51. The molecule has 1 atom stereocenters. The maximum absolute atomic E-state index is 12.2. The molecule has 0 aromatic rings. The summed E-state index contributed by atoms with van der Waals surface area (Å²) >= 11 is 0. The lowest BCUT2D eigenvalue weighted by Gasteiger charge is -2.23. The van der Waals surface area contributed by atoms with Gasteiger partial charge in [-0.25, -0.2) is 4.79 Å². The van der Waals surface area contributed by atoms with Crippen molar-refractivity contribution in [1.29, 1.82) is 0 Å². The second kappa shape index (κ2) is 5.94. The molecule has 1 unspecified atom stereocenters. The zero-order valence-electron chi connectivity index (χ0n) is 13.2. The van der Waals surface area contributed by atoms with E-state index in [1.54, 1.807) is 0 Å². The fourth-order valence-electron chi connectivity index (χ4n) is 3.41. The summed E-state index contributed by atoms with van der Waals surface area (Å²) in [5.74, 6) is -1.61. The number of ether oxygens (including phenoxy) is 3. The van der Waals surface area contributed by atoms with Gasteiger partial charge in [0, 0.05) is 5.57 Å². The van der Waals surface area contributed by atoms with Gasteiger partial charge in [-0.2, -0.15) is 0 Å². The third kappa shape index (κ3) is 2.42. The van der Waals surface area contributed by atoms with Gasteiger partial charge in [-0.3, -0.25) is 9.59 Å². The summed E-state index contributed by atoms with van der Waals surface area (Å²) in [6.45, 7) is 1.83. The molecule has 0 radical (unpaired) electrons.